The van der Waals surface area contributed by atoms with Crippen molar-refractivity contribution in [1.29, 1.82) is 0 Å². The highest BCUT2D eigenvalue weighted by Crippen LogP contribution is 2.31. The summed E-state index contributed by atoms with van der Waals surface area (Å²) >= 11 is 0. The third-order valence-corrected chi connectivity index (χ3v) is 2.89. The number of nitrogens with zero attached hydrogens (tertiary/aromatic N) is 1. The summed E-state index contributed by atoms with van der Waals surface area (Å²) in [7, 11) is 0. The van der Waals surface area contributed by atoms with Crippen molar-refractivity contribution in [2.45, 2.75) is 32.2 Å². The van der Waals surface area contributed by atoms with Crippen LogP contribution in [-0.2, 0) is 13.1 Å². The highest BCUT2D eigenvalue weighted by Gasteiger charge is 2.41. The van der Waals surface area contributed by atoms with Crippen molar-refractivity contribution in [3.05, 3.63) is 35.4 Å². The van der Waals surface area contributed by atoms with Gasteiger partial charge in [0.1, 0.15) is 6.04 Å². The van der Waals surface area contributed by atoms with E-state index < -0.39 is 12.2 Å². The Morgan fingerprint density at radius 1 is 1.13 bits per heavy atom. The third kappa shape index (κ3) is 2.00. The van der Waals surface area contributed by atoms with Gasteiger partial charge in [0.25, 0.3) is 0 Å². The van der Waals surface area contributed by atoms with Gasteiger partial charge in [0.15, 0.2) is 0 Å². The quantitative estimate of drug-likeness (QED) is 0.696. The molecule has 0 amide bonds. The Kier molecular flexibility index (Phi) is 2.46. The Morgan fingerprint density at radius 2 is 1.60 bits per heavy atom. The topological polar surface area (TPSA) is 3.24 Å². The smallest absolute Gasteiger partial charge is 0.284 e. The zero-order chi connectivity index (χ0) is 11.1. The molecule has 0 saturated carbocycles. The van der Waals surface area contributed by atoms with E-state index in [4.69, 9.17) is 0 Å². The van der Waals surface area contributed by atoms with Crippen LogP contribution >= 0.6 is 0 Å². The summed E-state index contributed by atoms with van der Waals surface area (Å²) < 4.78 is 37.4. The molecule has 1 aliphatic heterocycles. The van der Waals surface area contributed by atoms with E-state index in [9.17, 15) is 13.2 Å². The van der Waals surface area contributed by atoms with Crippen molar-refractivity contribution >= 4 is 0 Å². The minimum Gasteiger partial charge on any atom is -0.284 e. The van der Waals surface area contributed by atoms with E-state index in [2.05, 4.69) is 0 Å². The molecule has 82 valence electrons. The van der Waals surface area contributed by atoms with Crippen LogP contribution in [0.5, 0.6) is 0 Å². The van der Waals surface area contributed by atoms with Gasteiger partial charge in [0.05, 0.1) is 0 Å². The van der Waals surface area contributed by atoms with E-state index in [1.807, 2.05) is 24.3 Å². The average molecular weight is 215 g/mol. The van der Waals surface area contributed by atoms with Crippen molar-refractivity contribution in [3.63, 3.8) is 0 Å². The van der Waals surface area contributed by atoms with E-state index in [0.29, 0.717) is 13.1 Å². The van der Waals surface area contributed by atoms with Gasteiger partial charge in [-0.1, -0.05) is 24.3 Å². The monoisotopic (exact) mass is 215 g/mol. The summed E-state index contributed by atoms with van der Waals surface area (Å²) in [5.41, 5.74) is 2.02. The Labute approximate surface area is 86.5 Å². The Balaban J connectivity index is 2.14. The first kappa shape index (κ1) is 10.5. The van der Waals surface area contributed by atoms with Gasteiger partial charge in [-0.15, -0.1) is 0 Å². The molecule has 1 atom stereocenters. The molecule has 2 rings (SSSR count). The van der Waals surface area contributed by atoms with Gasteiger partial charge in [-0.3, -0.25) is 4.90 Å². The number of rotatable bonds is 1. The summed E-state index contributed by atoms with van der Waals surface area (Å²) in [5, 5.41) is 0. The van der Waals surface area contributed by atoms with Gasteiger partial charge < -0.3 is 0 Å². The molecule has 15 heavy (non-hydrogen) atoms. The van der Waals surface area contributed by atoms with Gasteiger partial charge in [-0.05, 0) is 18.1 Å². The van der Waals surface area contributed by atoms with Gasteiger partial charge in [-0.2, -0.15) is 13.2 Å². The molecule has 0 bridgehead atoms. The molecule has 1 aromatic rings. The molecule has 4 heteroatoms. The van der Waals surface area contributed by atoms with Crippen molar-refractivity contribution < 1.29 is 13.2 Å². The van der Waals surface area contributed by atoms with Crippen LogP contribution in [-0.4, -0.2) is 17.1 Å². The van der Waals surface area contributed by atoms with E-state index in [1.54, 1.807) is 0 Å². The molecule has 0 radical (unpaired) electrons. The number of hydrogen-bond acceptors (Lipinski definition) is 1. The molecule has 0 spiro atoms. The number of fused-ring (bicyclic) bond motifs is 1. The minimum atomic E-state index is -4.14. The fourth-order valence-corrected chi connectivity index (χ4v) is 1.84. The van der Waals surface area contributed by atoms with Crippen LogP contribution in [0.4, 0.5) is 13.2 Å². The lowest BCUT2D eigenvalue weighted by Crippen LogP contribution is -2.40. The molecule has 1 aromatic carbocycles. The van der Waals surface area contributed by atoms with Crippen LogP contribution < -0.4 is 0 Å². The maximum atomic E-state index is 12.5. The number of benzene rings is 1. The predicted molar refractivity (Wildman–Crippen MR) is 51.2 cm³/mol. The normalized spacial score (nSPS) is 18.9. The predicted octanol–water partition coefficient (Wildman–Crippen LogP) is 2.95. The molecule has 0 N–H and O–H groups in total. The first-order valence-corrected chi connectivity index (χ1v) is 4.86. The largest absolute Gasteiger partial charge is 0.403 e. The lowest BCUT2D eigenvalue weighted by molar-refractivity contribution is -0.180. The zero-order valence-electron chi connectivity index (χ0n) is 8.38. The maximum Gasteiger partial charge on any atom is 0.403 e. The third-order valence-electron chi connectivity index (χ3n) is 2.89. The van der Waals surface area contributed by atoms with E-state index in [0.717, 1.165) is 11.1 Å². The number of hydrogen-bond donors (Lipinski definition) is 0. The number of alkyl halides is 3. The average Bonchev–Trinajstić information content (AvgIpc) is 2.58. The standard InChI is InChI=1S/C11H12F3N/c1-8(11(12,13)14)15-6-9-4-2-3-5-10(9)7-15/h2-5,8H,6-7H2,1H3/t8-/m1/s1. The van der Waals surface area contributed by atoms with E-state index in [1.165, 1.54) is 11.8 Å². The zero-order valence-corrected chi connectivity index (χ0v) is 8.38. The molecular weight excluding hydrogens is 203 g/mol. The first-order chi connectivity index (χ1) is 6.98. The van der Waals surface area contributed by atoms with Crippen molar-refractivity contribution in [1.82, 2.24) is 4.90 Å². The molecule has 0 aromatic heterocycles. The Hall–Kier alpha value is -1.03. The van der Waals surface area contributed by atoms with Crippen LogP contribution in [0.3, 0.4) is 0 Å². The van der Waals surface area contributed by atoms with Gasteiger partial charge in [-0.25, -0.2) is 0 Å². The summed E-state index contributed by atoms with van der Waals surface area (Å²) in [6.07, 6.45) is -4.14. The molecule has 0 aliphatic carbocycles. The molecule has 0 fully saturated rings. The van der Waals surface area contributed by atoms with Crippen LogP contribution in [0.25, 0.3) is 0 Å². The van der Waals surface area contributed by atoms with Crippen LogP contribution in [0.2, 0.25) is 0 Å². The number of halogens is 3. The molecule has 1 heterocycles. The molecule has 1 nitrogen and oxygen atoms in total. The second-order valence-corrected chi connectivity index (χ2v) is 3.89. The second kappa shape index (κ2) is 3.52. The van der Waals surface area contributed by atoms with Gasteiger partial charge in [0.2, 0.25) is 0 Å². The molecule has 1 aliphatic rings. The van der Waals surface area contributed by atoms with E-state index in [-0.39, 0.29) is 0 Å². The Bertz CT molecular complexity index is 334. The fourth-order valence-electron chi connectivity index (χ4n) is 1.84. The van der Waals surface area contributed by atoms with Crippen LogP contribution in [0.15, 0.2) is 24.3 Å². The first-order valence-electron chi connectivity index (χ1n) is 4.86. The van der Waals surface area contributed by atoms with Crippen LogP contribution in [0.1, 0.15) is 18.1 Å². The summed E-state index contributed by atoms with van der Waals surface area (Å²) in [5.74, 6) is 0. The van der Waals surface area contributed by atoms with Crippen molar-refractivity contribution in [2.24, 2.45) is 0 Å². The minimum absolute atomic E-state index is 0.400. The lowest BCUT2D eigenvalue weighted by Gasteiger charge is -2.25. The van der Waals surface area contributed by atoms with Crippen LogP contribution in [0, 0.1) is 0 Å². The molecule has 0 saturated heterocycles. The highest BCUT2D eigenvalue weighted by atomic mass is 19.4. The molecular formula is C11H12F3N. The summed E-state index contributed by atoms with van der Waals surface area (Å²) in [6.45, 7) is 2.01. The highest BCUT2D eigenvalue weighted by molar-refractivity contribution is 5.30. The SMILES string of the molecule is C[C@@H](N1Cc2ccccc2C1)C(F)(F)F. The Morgan fingerprint density at radius 3 is 2.00 bits per heavy atom. The summed E-state index contributed by atoms with van der Waals surface area (Å²) in [4.78, 5) is 1.45. The fraction of sp³-hybridized carbons (Fsp3) is 0.455. The van der Waals surface area contributed by atoms with Crippen molar-refractivity contribution in [2.75, 3.05) is 0 Å². The molecule has 0 unspecified atom stereocenters. The second-order valence-electron chi connectivity index (χ2n) is 3.89. The van der Waals surface area contributed by atoms with Crippen molar-refractivity contribution in [3.8, 4) is 0 Å². The van der Waals surface area contributed by atoms with Gasteiger partial charge >= 0.3 is 6.18 Å². The van der Waals surface area contributed by atoms with Gasteiger partial charge in [0, 0.05) is 13.1 Å². The lowest BCUT2D eigenvalue weighted by atomic mass is 10.1. The summed E-state index contributed by atoms with van der Waals surface area (Å²) in [6, 6.07) is 6.13. The van der Waals surface area contributed by atoms with E-state index >= 15 is 0 Å². The maximum absolute atomic E-state index is 12.5.